The van der Waals surface area contributed by atoms with Crippen molar-refractivity contribution in [1.82, 2.24) is 9.88 Å². The second-order valence-electron chi connectivity index (χ2n) is 6.46. The highest BCUT2D eigenvalue weighted by Gasteiger charge is 2.26. The van der Waals surface area contributed by atoms with Crippen LogP contribution in [0.3, 0.4) is 0 Å². The summed E-state index contributed by atoms with van der Waals surface area (Å²) in [6.07, 6.45) is 4.34. The van der Waals surface area contributed by atoms with E-state index >= 15 is 0 Å². The van der Waals surface area contributed by atoms with Gasteiger partial charge in [-0.15, -0.1) is 0 Å². The number of ether oxygens (including phenoxy) is 1. The molecule has 0 radical (unpaired) electrons. The van der Waals surface area contributed by atoms with Crippen LogP contribution in [-0.2, 0) is 11.2 Å². The number of methoxy groups -OCH3 is 1. The molecular weight excluding hydrogens is 314 g/mol. The van der Waals surface area contributed by atoms with Gasteiger partial charge in [-0.2, -0.15) is 0 Å². The average molecular weight is 339 g/mol. The summed E-state index contributed by atoms with van der Waals surface area (Å²) in [5.74, 6) is 1.95. The van der Waals surface area contributed by atoms with Crippen LogP contribution in [0.4, 0.5) is 5.82 Å². The number of hydrogen-bond donors (Lipinski definition) is 0. The lowest BCUT2D eigenvalue weighted by Crippen LogP contribution is -2.49. The van der Waals surface area contributed by atoms with Gasteiger partial charge >= 0.3 is 0 Å². The summed E-state index contributed by atoms with van der Waals surface area (Å²) < 4.78 is 5.16. The summed E-state index contributed by atoms with van der Waals surface area (Å²) in [5, 5.41) is 0. The van der Waals surface area contributed by atoms with Crippen LogP contribution in [0.2, 0.25) is 0 Å². The number of carbonyl (C=O) groups is 1. The molecule has 0 unspecified atom stereocenters. The number of pyridine rings is 1. The second kappa shape index (κ2) is 8.01. The van der Waals surface area contributed by atoms with Crippen molar-refractivity contribution >= 4 is 11.7 Å². The molecule has 25 heavy (non-hydrogen) atoms. The van der Waals surface area contributed by atoms with Gasteiger partial charge in [-0.25, -0.2) is 4.98 Å². The maximum Gasteiger partial charge on any atom is 0.227 e. The maximum atomic E-state index is 12.7. The molecule has 0 N–H and O–H groups in total. The predicted octanol–water partition coefficient (Wildman–Crippen LogP) is 2.76. The molecule has 1 amide bonds. The Bertz CT molecular complexity index is 688. The highest BCUT2D eigenvalue weighted by molar-refractivity contribution is 5.79. The SMILES string of the molecule is COc1ccc(CC(=O)N(C)[C@@H]2CCCN(c3ccccn3)C2)cc1. The first-order valence-electron chi connectivity index (χ1n) is 8.72. The van der Waals surface area contributed by atoms with E-state index in [0.29, 0.717) is 6.42 Å². The monoisotopic (exact) mass is 339 g/mol. The molecule has 1 aliphatic heterocycles. The number of amides is 1. The molecule has 5 heteroatoms. The number of aromatic nitrogens is 1. The maximum absolute atomic E-state index is 12.7. The number of piperidine rings is 1. The van der Waals surface area contributed by atoms with Crippen molar-refractivity contribution in [3.8, 4) is 5.75 Å². The molecule has 0 saturated carbocycles. The quantitative estimate of drug-likeness (QED) is 0.840. The minimum Gasteiger partial charge on any atom is -0.497 e. The van der Waals surface area contributed by atoms with E-state index in [9.17, 15) is 4.79 Å². The van der Waals surface area contributed by atoms with Gasteiger partial charge in [0.1, 0.15) is 11.6 Å². The van der Waals surface area contributed by atoms with E-state index in [-0.39, 0.29) is 11.9 Å². The van der Waals surface area contributed by atoms with Crippen molar-refractivity contribution < 1.29 is 9.53 Å². The van der Waals surface area contributed by atoms with Crippen LogP contribution in [0.15, 0.2) is 48.7 Å². The molecule has 2 heterocycles. The third-order valence-electron chi connectivity index (χ3n) is 4.83. The van der Waals surface area contributed by atoms with Crippen molar-refractivity contribution in [1.29, 1.82) is 0 Å². The molecule has 1 saturated heterocycles. The van der Waals surface area contributed by atoms with Gasteiger partial charge in [-0.05, 0) is 42.7 Å². The fraction of sp³-hybridized carbons (Fsp3) is 0.400. The normalized spacial score (nSPS) is 17.2. The first-order valence-corrected chi connectivity index (χ1v) is 8.72. The van der Waals surface area contributed by atoms with Crippen LogP contribution >= 0.6 is 0 Å². The van der Waals surface area contributed by atoms with E-state index in [1.807, 2.05) is 60.6 Å². The molecular formula is C20H25N3O2. The Kier molecular flexibility index (Phi) is 5.53. The molecule has 1 aliphatic rings. The highest BCUT2D eigenvalue weighted by Crippen LogP contribution is 2.21. The minimum absolute atomic E-state index is 0.151. The Morgan fingerprint density at radius 3 is 2.76 bits per heavy atom. The summed E-state index contributed by atoms with van der Waals surface area (Å²) >= 11 is 0. The fourth-order valence-corrected chi connectivity index (χ4v) is 3.27. The lowest BCUT2D eigenvalue weighted by atomic mass is 10.0. The Hall–Kier alpha value is -2.56. The van der Waals surface area contributed by atoms with Gasteiger partial charge in [0, 0.05) is 32.4 Å². The number of likely N-dealkylation sites (N-methyl/N-ethyl adjacent to an activating group) is 1. The zero-order chi connectivity index (χ0) is 17.6. The Morgan fingerprint density at radius 1 is 1.28 bits per heavy atom. The first-order chi connectivity index (χ1) is 12.2. The number of benzene rings is 1. The summed E-state index contributed by atoms with van der Waals surface area (Å²) in [5.41, 5.74) is 1.01. The van der Waals surface area contributed by atoms with Crippen molar-refractivity contribution in [2.45, 2.75) is 25.3 Å². The van der Waals surface area contributed by atoms with Gasteiger partial charge in [0.2, 0.25) is 5.91 Å². The van der Waals surface area contributed by atoms with E-state index in [1.165, 1.54) is 0 Å². The van der Waals surface area contributed by atoms with Crippen LogP contribution in [-0.4, -0.2) is 49.1 Å². The number of nitrogens with zero attached hydrogens (tertiary/aromatic N) is 3. The van der Waals surface area contributed by atoms with Gasteiger partial charge in [-0.1, -0.05) is 18.2 Å². The topological polar surface area (TPSA) is 45.7 Å². The smallest absolute Gasteiger partial charge is 0.227 e. The lowest BCUT2D eigenvalue weighted by Gasteiger charge is -2.38. The number of hydrogen-bond acceptors (Lipinski definition) is 4. The second-order valence-corrected chi connectivity index (χ2v) is 6.46. The summed E-state index contributed by atoms with van der Waals surface area (Å²) in [6.45, 7) is 1.83. The van der Waals surface area contributed by atoms with Crippen LogP contribution in [0.1, 0.15) is 18.4 Å². The molecule has 0 spiro atoms. The predicted molar refractivity (Wildman–Crippen MR) is 98.9 cm³/mol. The van der Waals surface area contributed by atoms with Crippen LogP contribution in [0.5, 0.6) is 5.75 Å². The van der Waals surface area contributed by atoms with Gasteiger partial charge < -0.3 is 14.5 Å². The summed E-state index contributed by atoms with van der Waals surface area (Å²) in [7, 11) is 3.56. The fourth-order valence-electron chi connectivity index (χ4n) is 3.27. The van der Waals surface area contributed by atoms with E-state index in [1.54, 1.807) is 7.11 Å². The standard InChI is InChI=1S/C20H25N3O2/c1-22(20(24)14-16-8-10-18(25-2)11-9-16)17-6-5-13-23(15-17)19-7-3-4-12-21-19/h3-4,7-12,17H,5-6,13-15H2,1-2H3/t17-/m1/s1. The molecule has 2 aromatic rings. The molecule has 1 fully saturated rings. The molecule has 132 valence electrons. The van der Waals surface area contributed by atoms with Crippen molar-refractivity contribution in [2.24, 2.45) is 0 Å². The molecule has 0 aliphatic carbocycles. The van der Waals surface area contributed by atoms with Crippen molar-refractivity contribution in [3.63, 3.8) is 0 Å². The van der Waals surface area contributed by atoms with Gasteiger partial charge in [0.05, 0.1) is 13.5 Å². The van der Waals surface area contributed by atoms with E-state index in [0.717, 1.165) is 43.1 Å². The van der Waals surface area contributed by atoms with Crippen molar-refractivity contribution in [3.05, 3.63) is 54.2 Å². The van der Waals surface area contributed by atoms with Crippen LogP contribution < -0.4 is 9.64 Å². The number of carbonyl (C=O) groups excluding carboxylic acids is 1. The largest absolute Gasteiger partial charge is 0.497 e. The van der Waals surface area contributed by atoms with Gasteiger partial charge in [-0.3, -0.25) is 4.79 Å². The molecule has 1 aromatic carbocycles. The lowest BCUT2D eigenvalue weighted by molar-refractivity contribution is -0.131. The molecule has 0 bridgehead atoms. The van der Waals surface area contributed by atoms with E-state index in [2.05, 4.69) is 9.88 Å². The van der Waals surface area contributed by atoms with Crippen LogP contribution in [0, 0.1) is 0 Å². The van der Waals surface area contributed by atoms with Gasteiger partial charge in [0.15, 0.2) is 0 Å². The van der Waals surface area contributed by atoms with E-state index in [4.69, 9.17) is 4.74 Å². The van der Waals surface area contributed by atoms with Crippen molar-refractivity contribution in [2.75, 3.05) is 32.1 Å². The summed E-state index contributed by atoms with van der Waals surface area (Å²) in [4.78, 5) is 21.3. The molecule has 3 rings (SSSR count). The minimum atomic E-state index is 0.151. The third-order valence-corrected chi connectivity index (χ3v) is 4.83. The Labute approximate surface area is 149 Å². The molecule has 1 atom stereocenters. The third kappa shape index (κ3) is 4.29. The average Bonchev–Trinajstić information content (AvgIpc) is 2.68. The first kappa shape index (κ1) is 17.3. The zero-order valence-electron chi connectivity index (χ0n) is 14.9. The highest BCUT2D eigenvalue weighted by atomic mass is 16.5. The Balaban J connectivity index is 1.61. The molecule has 1 aromatic heterocycles. The number of rotatable bonds is 5. The molecule has 5 nitrogen and oxygen atoms in total. The van der Waals surface area contributed by atoms with Gasteiger partial charge in [0.25, 0.3) is 0 Å². The summed E-state index contributed by atoms with van der Waals surface area (Å²) in [6, 6.07) is 13.9. The Morgan fingerprint density at radius 2 is 2.08 bits per heavy atom. The zero-order valence-corrected chi connectivity index (χ0v) is 14.9. The number of anilines is 1. The van der Waals surface area contributed by atoms with E-state index < -0.39 is 0 Å². The van der Waals surface area contributed by atoms with Crippen LogP contribution in [0.25, 0.3) is 0 Å².